The summed E-state index contributed by atoms with van der Waals surface area (Å²) in [5.74, 6) is 0.928. The van der Waals surface area contributed by atoms with E-state index in [1.807, 2.05) is 0 Å². The van der Waals surface area contributed by atoms with Gasteiger partial charge in [0.05, 0.1) is 0 Å². The Balaban J connectivity index is 1.98. The number of aryl methyl sites for hydroxylation is 2. The van der Waals surface area contributed by atoms with E-state index in [1.165, 1.54) is 42.5 Å². The van der Waals surface area contributed by atoms with Gasteiger partial charge >= 0.3 is 0 Å². The summed E-state index contributed by atoms with van der Waals surface area (Å²) in [6.45, 7) is 6.72. The summed E-state index contributed by atoms with van der Waals surface area (Å²) in [5.41, 5.74) is 4.05. The third-order valence-corrected chi connectivity index (χ3v) is 3.76. The highest BCUT2D eigenvalue weighted by atomic mass is 14.9. The van der Waals surface area contributed by atoms with Crippen molar-refractivity contribution in [3.63, 3.8) is 0 Å². The first-order valence-corrected chi connectivity index (χ1v) is 6.49. The van der Waals surface area contributed by atoms with Gasteiger partial charge in [-0.25, -0.2) is 0 Å². The monoisotopic (exact) mass is 217 g/mol. The molecule has 1 nitrogen and oxygen atoms in total. The molecule has 0 unspecified atom stereocenters. The van der Waals surface area contributed by atoms with Gasteiger partial charge in [-0.2, -0.15) is 0 Å². The Hall–Kier alpha value is -0.980. The van der Waals surface area contributed by atoms with Crippen molar-refractivity contribution in [1.82, 2.24) is 0 Å². The highest BCUT2D eigenvalue weighted by Gasteiger charge is 2.18. The molecule has 1 N–H and O–H groups in total. The molecule has 0 amide bonds. The van der Waals surface area contributed by atoms with Crippen LogP contribution in [-0.2, 0) is 0 Å². The van der Waals surface area contributed by atoms with E-state index in [9.17, 15) is 0 Å². The molecular formula is C15H23N. The fourth-order valence-electron chi connectivity index (χ4n) is 2.60. The summed E-state index contributed by atoms with van der Waals surface area (Å²) in [4.78, 5) is 0. The molecule has 1 fully saturated rings. The highest BCUT2D eigenvalue weighted by molar-refractivity contribution is 5.52. The second kappa shape index (κ2) is 4.90. The van der Waals surface area contributed by atoms with Gasteiger partial charge in [-0.15, -0.1) is 0 Å². The Morgan fingerprint density at radius 2 is 1.75 bits per heavy atom. The molecular weight excluding hydrogens is 194 g/mol. The van der Waals surface area contributed by atoms with Gasteiger partial charge in [0.25, 0.3) is 0 Å². The van der Waals surface area contributed by atoms with Crippen molar-refractivity contribution in [2.45, 2.75) is 52.5 Å². The first kappa shape index (κ1) is 11.5. The van der Waals surface area contributed by atoms with Gasteiger partial charge in [-0.1, -0.05) is 24.6 Å². The van der Waals surface area contributed by atoms with Crippen LogP contribution in [0.4, 0.5) is 5.69 Å². The predicted octanol–water partition coefficient (Wildman–Crippen LogP) is 4.29. The van der Waals surface area contributed by atoms with Crippen LogP contribution in [0.2, 0.25) is 0 Å². The Morgan fingerprint density at radius 1 is 1.06 bits per heavy atom. The molecule has 0 aromatic heterocycles. The highest BCUT2D eigenvalue weighted by Crippen LogP contribution is 2.27. The molecule has 0 aliphatic heterocycles. The maximum Gasteiger partial charge on any atom is 0.0372 e. The van der Waals surface area contributed by atoms with Gasteiger partial charge in [0.15, 0.2) is 0 Å². The minimum atomic E-state index is 0.692. The minimum Gasteiger partial charge on any atom is -0.382 e. The molecule has 88 valence electrons. The van der Waals surface area contributed by atoms with Crippen molar-refractivity contribution in [2.24, 2.45) is 5.92 Å². The van der Waals surface area contributed by atoms with Crippen molar-refractivity contribution in [3.8, 4) is 0 Å². The number of anilines is 1. The smallest absolute Gasteiger partial charge is 0.0372 e. The van der Waals surface area contributed by atoms with Crippen molar-refractivity contribution in [3.05, 3.63) is 29.3 Å². The minimum absolute atomic E-state index is 0.692. The molecule has 2 rings (SSSR count). The molecule has 1 saturated carbocycles. The summed E-state index contributed by atoms with van der Waals surface area (Å²) in [5, 5.41) is 3.70. The normalized spacial score (nSPS) is 25.4. The van der Waals surface area contributed by atoms with Crippen molar-refractivity contribution in [1.29, 1.82) is 0 Å². The summed E-state index contributed by atoms with van der Waals surface area (Å²) >= 11 is 0. The zero-order valence-corrected chi connectivity index (χ0v) is 10.7. The maximum atomic E-state index is 3.70. The predicted molar refractivity (Wildman–Crippen MR) is 71.0 cm³/mol. The molecule has 0 bridgehead atoms. The van der Waals surface area contributed by atoms with Crippen LogP contribution < -0.4 is 5.32 Å². The molecule has 1 aromatic rings. The zero-order valence-electron chi connectivity index (χ0n) is 10.7. The number of hydrogen-bond acceptors (Lipinski definition) is 1. The first-order chi connectivity index (χ1) is 7.65. The Bertz CT molecular complexity index is 348. The van der Waals surface area contributed by atoms with E-state index in [0.717, 1.165) is 5.92 Å². The van der Waals surface area contributed by atoms with E-state index in [4.69, 9.17) is 0 Å². The van der Waals surface area contributed by atoms with E-state index >= 15 is 0 Å². The average molecular weight is 217 g/mol. The van der Waals surface area contributed by atoms with Gasteiger partial charge in [0.1, 0.15) is 0 Å². The number of hydrogen-bond donors (Lipinski definition) is 1. The second-order valence-electron chi connectivity index (χ2n) is 5.42. The van der Waals surface area contributed by atoms with Crippen LogP contribution >= 0.6 is 0 Å². The SMILES string of the molecule is Cc1ccc(NC2CCC(C)CC2)c(C)c1. The maximum absolute atomic E-state index is 3.70. The summed E-state index contributed by atoms with van der Waals surface area (Å²) in [6, 6.07) is 7.37. The van der Waals surface area contributed by atoms with Gasteiger partial charge in [0, 0.05) is 11.7 Å². The van der Waals surface area contributed by atoms with Gasteiger partial charge in [-0.05, 0) is 57.1 Å². The van der Waals surface area contributed by atoms with Gasteiger partial charge in [-0.3, -0.25) is 0 Å². The molecule has 1 heteroatoms. The fraction of sp³-hybridized carbons (Fsp3) is 0.600. The third-order valence-electron chi connectivity index (χ3n) is 3.76. The summed E-state index contributed by atoms with van der Waals surface area (Å²) in [6.07, 6.45) is 5.41. The molecule has 16 heavy (non-hydrogen) atoms. The number of rotatable bonds is 2. The Kier molecular flexibility index (Phi) is 3.52. The van der Waals surface area contributed by atoms with Gasteiger partial charge in [0.2, 0.25) is 0 Å². The molecule has 1 aliphatic rings. The molecule has 0 heterocycles. The summed E-state index contributed by atoms with van der Waals surface area (Å²) in [7, 11) is 0. The van der Waals surface area contributed by atoms with Crippen molar-refractivity contribution in [2.75, 3.05) is 5.32 Å². The van der Waals surface area contributed by atoms with Crippen LogP contribution in [0.25, 0.3) is 0 Å². The standard InChI is InChI=1S/C15H23N/c1-11-4-7-14(8-5-11)16-15-9-6-12(2)10-13(15)3/h6,9-11,14,16H,4-5,7-8H2,1-3H3. The lowest BCUT2D eigenvalue weighted by atomic mass is 9.87. The van der Waals surface area contributed by atoms with E-state index in [2.05, 4.69) is 44.3 Å². The van der Waals surface area contributed by atoms with Crippen LogP contribution in [0.15, 0.2) is 18.2 Å². The molecule has 0 radical (unpaired) electrons. The zero-order chi connectivity index (χ0) is 11.5. The lowest BCUT2D eigenvalue weighted by molar-refractivity contribution is 0.361. The molecule has 1 aromatic carbocycles. The van der Waals surface area contributed by atoms with Crippen molar-refractivity contribution >= 4 is 5.69 Å². The van der Waals surface area contributed by atoms with Crippen LogP contribution in [0.3, 0.4) is 0 Å². The molecule has 1 aliphatic carbocycles. The van der Waals surface area contributed by atoms with Crippen LogP contribution in [0.1, 0.15) is 43.7 Å². The number of nitrogens with one attached hydrogen (secondary N) is 1. The summed E-state index contributed by atoms with van der Waals surface area (Å²) < 4.78 is 0. The average Bonchev–Trinajstić information content (AvgIpc) is 2.25. The first-order valence-electron chi connectivity index (χ1n) is 6.49. The third kappa shape index (κ3) is 2.78. The van der Waals surface area contributed by atoms with E-state index in [-0.39, 0.29) is 0 Å². The number of benzene rings is 1. The van der Waals surface area contributed by atoms with Crippen LogP contribution in [0.5, 0.6) is 0 Å². The largest absolute Gasteiger partial charge is 0.382 e. The van der Waals surface area contributed by atoms with E-state index in [1.54, 1.807) is 0 Å². The van der Waals surface area contributed by atoms with E-state index < -0.39 is 0 Å². The Labute approximate surface area is 99.3 Å². The van der Waals surface area contributed by atoms with Crippen LogP contribution in [-0.4, -0.2) is 6.04 Å². The lowest BCUT2D eigenvalue weighted by Gasteiger charge is -2.28. The second-order valence-corrected chi connectivity index (χ2v) is 5.42. The Morgan fingerprint density at radius 3 is 2.38 bits per heavy atom. The topological polar surface area (TPSA) is 12.0 Å². The fourth-order valence-corrected chi connectivity index (χ4v) is 2.60. The molecule has 0 spiro atoms. The van der Waals surface area contributed by atoms with E-state index in [0.29, 0.717) is 6.04 Å². The lowest BCUT2D eigenvalue weighted by Crippen LogP contribution is -2.25. The van der Waals surface area contributed by atoms with Gasteiger partial charge < -0.3 is 5.32 Å². The van der Waals surface area contributed by atoms with Crippen LogP contribution in [0, 0.1) is 19.8 Å². The quantitative estimate of drug-likeness (QED) is 0.779. The molecule has 0 atom stereocenters. The molecule has 0 saturated heterocycles. The van der Waals surface area contributed by atoms with Crippen molar-refractivity contribution < 1.29 is 0 Å².